The molecule has 3 rings (SSSR count). The third-order valence-corrected chi connectivity index (χ3v) is 5.73. The molecule has 0 fully saturated rings. The molecule has 1 aliphatic rings. The molecule has 5 heteroatoms. The van der Waals surface area contributed by atoms with E-state index in [-0.39, 0.29) is 11.8 Å². The van der Waals surface area contributed by atoms with Crippen LogP contribution in [0.25, 0.3) is 0 Å². The molecule has 1 aliphatic heterocycles. The van der Waals surface area contributed by atoms with E-state index in [4.69, 9.17) is 4.74 Å². The lowest BCUT2D eigenvalue weighted by atomic mass is 9.87. The zero-order valence-corrected chi connectivity index (χ0v) is 16.8. The van der Waals surface area contributed by atoms with E-state index in [0.29, 0.717) is 23.6 Å². The van der Waals surface area contributed by atoms with E-state index in [2.05, 4.69) is 18.3 Å². The lowest BCUT2D eigenvalue weighted by molar-refractivity contribution is -0.120. The molecule has 1 amide bonds. The number of nitrogens with zero attached hydrogens (tertiary/aromatic N) is 1. The van der Waals surface area contributed by atoms with Crippen molar-refractivity contribution in [3.05, 3.63) is 76.3 Å². The number of nitrogens with one attached hydrogen (secondary N) is 1. The van der Waals surface area contributed by atoms with Crippen LogP contribution in [0, 0.1) is 11.3 Å². The van der Waals surface area contributed by atoms with E-state index in [0.717, 1.165) is 35.5 Å². The highest BCUT2D eigenvalue weighted by Crippen LogP contribution is 2.36. The van der Waals surface area contributed by atoms with Crippen LogP contribution in [0.15, 0.2) is 65.2 Å². The molecule has 28 heavy (non-hydrogen) atoms. The third-order valence-electron chi connectivity index (χ3n) is 4.63. The Balaban J connectivity index is 1.72. The van der Waals surface area contributed by atoms with Gasteiger partial charge >= 0.3 is 0 Å². The number of benzene rings is 2. The SMILES string of the molecule is CCCCSC1=C(C#N)C(c2ccc(OCc3ccccc3)cc2)CC(=O)N1. The second kappa shape index (κ2) is 10.0. The van der Waals surface area contributed by atoms with Gasteiger partial charge in [0, 0.05) is 12.3 Å². The summed E-state index contributed by atoms with van der Waals surface area (Å²) in [6.07, 6.45) is 2.44. The van der Waals surface area contributed by atoms with Crippen LogP contribution in [0.4, 0.5) is 0 Å². The van der Waals surface area contributed by atoms with Gasteiger partial charge in [-0.1, -0.05) is 55.8 Å². The molecule has 0 aromatic heterocycles. The number of allylic oxidation sites excluding steroid dienone is 1. The summed E-state index contributed by atoms with van der Waals surface area (Å²) >= 11 is 1.57. The minimum atomic E-state index is -0.203. The standard InChI is InChI=1S/C23H24N2O2S/c1-2-3-13-28-23-21(15-24)20(14-22(26)25-23)18-9-11-19(12-10-18)27-16-17-7-5-4-6-8-17/h4-12,20H,2-3,13-14,16H2,1H3,(H,25,26). The molecule has 0 radical (unpaired) electrons. The third kappa shape index (κ3) is 5.17. The van der Waals surface area contributed by atoms with E-state index in [9.17, 15) is 10.1 Å². The Bertz CT molecular complexity index is 870. The van der Waals surface area contributed by atoms with Crippen molar-refractivity contribution in [2.45, 2.75) is 38.7 Å². The molecule has 4 nitrogen and oxygen atoms in total. The summed E-state index contributed by atoms with van der Waals surface area (Å²) in [5, 5.41) is 13.3. The topological polar surface area (TPSA) is 62.1 Å². The Kier molecular flexibility index (Phi) is 7.16. The van der Waals surface area contributed by atoms with E-state index in [1.807, 2.05) is 54.6 Å². The van der Waals surface area contributed by atoms with Gasteiger partial charge in [-0.15, -0.1) is 11.8 Å². The smallest absolute Gasteiger partial charge is 0.225 e. The van der Waals surface area contributed by atoms with Gasteiger partial charge in [-0.05, 0) is 35.4 Å². The molecule has 0 saturated heterocycles. The molecule has 1 unspecified atom stereocenters. The quantitative estimate of drug-likeness (QED) is 0.632. The normalized spacial score (nSPS) is 16.4. The highest BCUT2D eigenvalue weighted by atomic mass is 32.2. The fourth-order valence-corrected chi connectivity index (χ4v) is 4.24. The van der Waals surface area contributed by atoms with Crippen LogP contribution in [0.5, 0.6) is 5.75 Å². The first-order valence-electron chi connectivity index (χ1n) is 9.55. The Morgan fingerprint density at radius 2 is 1.93 bits per heavy atom. The molecule has 2 aromatic rings. The van der Waals surface area contributed by atoms with Crippen molar-refractivity contribution in [1.82, 2.24) is 5.32 Å². The van der Waals surface area contributed by atoms with Gasteiger partial charge in [0.1, 0.15) is 12.4 Å². The van der Waals surface area contributed by atoms with Crippen LogP contribution in [0.3, 0.4) is 0 Å². The van der Waals surface area contributed by atoms with E-state index >= 15 is 0 Å². The predicted molar refractivity (Wildman–Crippen MR) is 113 cm³/mol. The number of nitriles is 1. The number of hydrogen-bond donors (Lipinski definition) is 1. The number of unbranched alkanes of at least 4 members (excludes halogenated alkanes) is 1. The maximum atomic E-state index is 12.2. The van der Waals surface area contributed by atoms with Crippen LogP contribution in [0.1, 0.15) is 43.2 Å². The first-order valence-corrected chi connectivity index (χ1v) is 10.5. The molecule has 0 bridgehead atoms. The maximum Gasteiger partial charge on any atom is 0.225 e. The first kappa shape index (κ1) is 20.0. The highest BCUT2D eigenvalue weighted by molar-refractivity contribution is 8.03. The summed E-state index contributed by atoms with van der Waals surface area (Å²) in [7, 11) is 0. The summed E-state index contributed by atoms with van der Waals surface area (Å²) in [5.74, 6) is 1.43. The fourth-order valence-electron chi connectivity index (χ4n) is 3.07. The number of rotatable bonds is 8. The average molecular weight is 393 g/mol. The van der Waals surface area contributed by atoms with E-state index < -0.39 is 0 Å². The van der Waals surface area contributed by atoms with E-state index in [1.54, 1.807) is 11.8 Å². The van der Waals surface area contributed by atoms with Gasteiger partial charge in [0.25, 0.3) is 0 Å². The number of amides is 1. The minimum absolute atomic E-state index is 0.0348. The average Bonchev–Trinajstić information content (AvgIpc) is 2.73. The maximum absolute atomic E-state index is 12.2. The predicted octanol–water partition coefficient (Wildman–Crippen LogP) is 5.14. The summed E-state index contributed by atoms with van der Waals surface area (Å²) < 4.78 is 5.83. The molecule has 1 atom stereocenters. The molecule has 144 valence electrons. The molecule has 0 saturated carbocycles. The number of hydrogen-bond acceptors (Lipinski definition) is 4. The summed E-state index contributed by atoms with van der Waals surface area (Å²) in [4.78, 5) is 12.2. The molecular formula is C23H24N2O2S. The van der Waals surface area contributed by atoms with Gasteiger partial charge in [0.15, 0.2) is 0 Å². The lowest BCUT2D eigenvalue weighted by Gasteiger charge is -2.25. The molecule has 0 aliphatic carbocycles. The second-order valence-electron chi connectivity index (χ2n) is 6.70. The van der Waals surface area contributed by atoms with Gasteiger partial charge < -0.3 is 10.1 Å². The van der Waals surface area contributed by atoms with Crippen molar-refractivity contribution in [2.24, 2.45) is 0 Å². The zero-order valence-electron chi connectivity index (χ0n) is 16.0. The monoisotopic (exact) mass is 392 g/mol. The number of carbonyl (C=O) groups excluding carboxylic acids is 1. The zero-order chi connectivity index (χ0) is 19.8. The van der Waals surface area contributed by atoms with Gasteiger partial charge in [0.2, 0.25) is 5.91 Å². The van der Waals surface area contributed by atoms with Crippen LogP contribution in [0.2, 0.25) is 0 Å². The van der Waals surface area contributed by atoms with Gasteiger partial charge in [-0.2, -0.15) is 5.26 Å². The molecule has 0 spiro atoms. The van der Waals surface area contributed by atoms with E-state index in [1.165, 1.54) is 0 Å². The van der Waals surface area contributed by atoms with Gasteiger partial charge in [0.05, 0.1) is 16.7 Å². The Hall–Kier alpha value is -2.71. The van der Waals surface area contributed by atoms with Crippen LogP contribution < -0.4 is 10.1 Å². The van der Waals surface area contributed by atoms with Crippen molar-refractivity contribution in [2.75, 3.05) is 5.75 Å². The summed E-state index contributed by atoms with van der Waals surface area (Å²) in [5.41, 5.74) is 2.73. The van der Waals surface area contributed by atoms with Crippen LogP contribution in [-0.4, -0.2) is 11.7 Å². The Labute approximate surface area is 170 Å². The van der Waals surface area contributed by atoms with Crippen molar-refractivity contribution < 1.29 is 9.53 Å². The largest absolute Gasteiger partial charge is 0.489 e. The van der Waals surface area contributed by atoms with Crippen molar-refractivity contribution >= 4 is 17.7 Å². The van der Waals surface area contributed by atoms with Crippen LogP contribution >= 0.6 is 11.8 Å². The molecule has 1 N–H and O–H groups in total. The summed E-state index contributed by atoms with van der Waals surface area (Å²) in [6.45, 7) is 2.64. The lowest BCUT2D eigenvalue weighted by Crippen LogP contribution is -2.30. The van der Waals surface area contributed by atoms with Gasteiger partial charge in [-0.3, -0.25) is 4.79 Å². The van der Waals surface area contributed by atoms with Crippen LogP contribution in [-0.2, 0) is 11.4 Å². The molecule has 2 aromatic carbocycles. The number of ether oxygens (including phenoxy) is 1. The summed E-state index contributed by atoms with van der Waals surface area (Å²) in [6, 6.07) is 20.0. The fraction of sp³-hybridized carbons (Fsp3) is 0.304. The molecule has 1 heterocycles. The number of carbonyl (C=O) groups is 1. The Morgan fingerprint density at radius 3 is 2.61 bits per heavy atom. The number of thioether (sulfide) groups is 1. The van der Waals surface area contributed by atoms with Crippen molar-refractivity contribution in [3.8, 4) is 11.8 Å². The Morgan fingerprint density at radius 1 is 1.18 bits per heavy atom. The van der Waals surface area contributed by atoms with Gasteiger partial charge in [-0.25, -0.2) is 0 Å². The molecular weight excluding hydrogens is 368 g/mol. The second-order valence-corrected chi connectivity index (χ2v) is 7.81. The first-order chi connectivity index (χ1) is 13.7. The van der Waals surface area contributed by atoms with Crippen molar-refractivity contribution in [1.29, 1.82) is 5.26 Å². The minimum Gasteiger partial charge on any atom is -0.489 e. The van der Waals surface area contributed by atoms with Crippen molar-refractivity contribution in [3.63, 3.8) is 0 Å². The highest BCUT2D eigenvalue weighted by Gasteiger charge is 2.29.